The van der Waals surface area contributed by atoms with E-state index in [9.17, 15) is 0 Å². The van der Waals surface area contributed by atoms with Gasteiger partial charge in [0.05, 0.1) is 16.8 Å². The molecule has 0 atom stereocenters. The third-order valence-electron chi connectivity index (χ3n) is 3.09. The number of H-pyrrole nitrogens is 1. The number of aromatic amines is 1. The van der Waals surface area contributed by atoms with Crippen molar-refractivity contribution in [2.24, 2.45) is 0 Å². The minimum absolute atomic E-state index is 0.794. The van der Waals surface area contributed by atoms with Crippen molar-refractivity contribution in [3.8, 4) is 0 Å². The van der Waals surface area contributed by atoms with Gasteiger partial charge in [-0.1, -0.05) is 24.3 Å². The van der Waals surface area contributed by atoms with Crippen molar-refractivity contribution in [1.82, 2.24) is 9.97 Å². The van der Waals surface area contributed by atoms with Crippen molar-refractivity contribution < 1.29 is 0 Å². The predicted molar refractivity (Wildman–Crippen MR) is 81.2 cm³/mol. The van der Waals surface area contributed by atoms with Gasteiger partial charge in [-0.05, 0) is 30.7 Å². The largest absolute Gasteiger partial charge is 0.398 e. The lowest BCUT2D eigenvalue weighted by Crippen LogP contribution is -1.92. The number of thioether (sulfide) groups is 1. The zero-order valence-corrected chi connectivity index (χ0v) is 11.5. The summed E-state index contributed by atoms with van der Waals surface area (Å²) in [6, 6.07) is 14.2. The minimum Gasteiger partial charge on any atom is -0.398 e. The van der Waals surface area contributed by atoms with Gasteiger partial charge in [0.1, 0.15) is 5.82 Å². The molecule has 3 aromatic rings. The second-order valence-electron chi connectivity index (χ2n) is 4.48. The van der Waals surface area contributed by atoms with Gasteiger partial charge in [-0.3, -0.25) is 0 Å². The molecule has 0 bridgehead atoms. The third-order valence-corrected chi connectivity index (χ3v) is 4.17. The molecule has 0 spiro atoms. The number of aryl methyl sites for hydroxylation is 1. The summed E-state index contributed by atoms with van der Waals surface area (Å²) in [5, 5.41) is 0. The summed E-state index contributed by atoms with van der Waals surface area (Å²) < 4.78 is 0. The maximum atomic E-state index is 6.07. The van der Waals surface area contributed by atoms with E-state index in [0.717, 1.165) is 38.8 Å². The Morgan fingerprint density at radius 2 is 2.00 bits per heavy atom. The molecule has 1 aromatic heterocycles. The van der Waals surface area contributed by atoms with E-state index in [0.29, 0.717) is 0 Å². The fourth-order valence-corrected chi connectivity index (χ4v) is 2.92. The lowest BCUT2D eigenvalue weighted by atomic mass is 10.2. The van der Waals surface area contributed by atoms with Gasteiger partial charge >= 0.3 is 0 Å². The topological polar surface area (TPSA) is 54.7 Å². The molecule has 0 aliphatic heterocycles. The first kappa shape index (κ1) is 12.1. The second-order valence-corrected chi connectivity index (χ2v) is 5.49. The van der Waals surface area contributed by atoms with Gasteiger partial charge in [-0.15, -0.1) is 11.8 Å². The molecule has 3 nitrogen and oxygen atoms in total. The van der Waals surface area contributed by atoms with Gasteiger partial charge in [0.25, 0.3) is 0 Å². The zero-order valence-electron chi connectivity index (χ0n) is 10.7. The number of nitrogen functional groups attached to an aromatic ring is 1. The molecule has 96 valence electrons. The number of nitrogens with two attached hydrogens (primary N) is 1. The fourth-order valence-electron chi connectivity index (χ4n) is 2.00. The van der Waals surface area contributed by atoms with E-state index < -0.39 is 0 Å². The fraction of sp³-hybridized carbons (Fsp3) is 0.133. The smallest absolute Gasteiger partial charge is 0.117 e. The maximum Gasteiger partial charge on any atom is 0.117 e. The first-order chi connectivity index (χ1) is 9.24. The summed E-state index contributed by atoms with van der Waals surface area (Å²) in [4.78, 5) is 9.00. The van der Waals surface area contributed by atoms with Crippen molar-refractivity contribution >= 4 is 28.5 Å². The zero-order chi connectivity index (χ0) is 13.2. The van der Waals surface area contributed by atoms with Crippen LogP contribution in [0.1, 0.15) is 11.4 Å². The number of fused-ring (bicyclic) bond motifs is 1. The molecular formula is C15H15N3S. The average Bonchev–Trinajstić information content (AvgIpc) is 2.83. The van der Waals surface area contributed by atoms with E-state index >= 15 is 0 Å². The van der Waals surface area contributed by atoms with E-state index in [2.05, 4.69) is 16.0 Å². The maximum absolute atomic E-state index is 6.07. The Bertz CT molecular complexity index is 685. The standard InChI is InChI=1S/C15H15N3S/c1-10-5-4-8-13(15(10)16)19-9-14-17-11-6-2-3-7-12(11)18-14/h2-8H,9,16H2,1H3,(H,17,18). The summed E-state index contributed by atoms with van der Waals surface area (Å²) in [6.45, 7) is 2.03. The molecule has 0 radical (unpaired) electrons. The number of anilines is 1. The van der Waals surface area contributed by atoms with Crippen LogP contribution in [0.4, 0.5) is 5.69 Å². The van der Waals surface area contributed by atoms with Crippen LogP contribution in [0.15, 0.2) is 47.4 Å². The summed E-state index contributed by atoms with van der Waals surface area (Å²) in [6.07, 6.45) is 0. The van der Waals surface area contributed by atoms with E-state index in [4.69, 9.17) is 5.73 Å². The van der Waals surface area contributed by atoms with Gasteiger partial charge in [-0.25, -0.2) is 4.98 Å². The number of hydrogen-bond donors (Lipinski definition) is 2. The normalized spacial score (nSPS) is 11.0. The molecule has 3 N–H and O–H groups in total. The highest BCUT2D eigenvalue weighted by molar-refractivity contribution is 7.98. The van der Waals surface area contributed by atoms with Crippen molar-refractivity contribution in [3.05, 3.63) is 53.9 Å². The van der Waals surface area contributed by atoms with Gasteiger partial charge in [0.15, 0.2) is 0 Å². The highest BCUT2D eigenvalue weighted by Gasteiger charge is 2.05. The molecule has 0 fully saturated rings. The first-order valence-corrected chi connectivity index (χ1v) is 7.14. The van der Waals surface area contributed by atoms with E-state index in [-0.39, 0.29) is 0 Å². The molecule has 0 saturated carbocycles. The van der Waals surface area contributed by atoms with Crippen LogP contribution in [0.25, 0.3) is 11.0 Å². The lowest BCUT2D eigenvalue weighted by molar-refractivity contribution is 1.14. The number of aromatic nitrogens is 2. The molecule has 0 unspecified atom stereocenters. The highest BCUT2D eigenvalue weighted by atomic mass is 32.2. The predicted octanol–water partition coefficient (Wildman–Crippen LogP) is 3.75. The summed E-state index contributed by atoms with van der Waals surface area (Å²) in [7, 11) is 0. The SMILES string of the molecule is Cc1cccc(SCc2nc3ccccc3[nH]2)c1N. The van der Waals surface area contributed by atoms with Crippen LogP contribution in [-0.2, 0) is 5.75 Å². The van der Waals surface area contributed by atoms with Crippen LogP contribution in [0.2, 0.25) is 0 Å². The molecule has 0 aliphatic carbocycles. The third kappa shape index (κ3) is 2.44. The van der Waals surface area contributed by atoms with Crippen molar-refractivity contribution in [1.29, 1.82) is 0 Å². The molecule has 2 aromatic carbocycles. The molecule has 4 heteroatoms. The number of nitrogens with zero attached hydrogens (tertiary/aromatic N) is 1. The molecule has 0 amide bonds. The van der Waals surface area contributed by atoms with Crippen LogP contribution in [0, 0.1) is 6.92 Å². The Hall–Kier alpha value is -1.94. The van der Waals surface area contributed by atoms with Gasteiger partial charge in [-0.2, -0.15) is 0 Å². The highest BCUT2D eigenvalue weighted by Crippen LogP contribution is 2.29. The Morgan fingerprint density at radius 1 is 1.16 bits per heavy atom. The average molecular weight is 269 g/mol. The number of imidazole rings is 1. The van der Waals surface area contributed by atoms with E-state index in [1.165, 1.54) is 0 Å². The summed E-state index contributed by atoms with van der Waals surface area (Å²) in [5.74, 6) is 1.77. The molecule has 1 heterocycles. The second kappa shape index (κ2) is 4.97. The Labute approximate surface area is 116 Å². The van der Waals surface area contributed by atoms with Crippen molar-refractivity contribution in [2.75, 3.05) is 5.73 Å². The van der Waals surface area contributed by atoms with E-state index in [1.807, 2.05) is 43.3 Å². The first-order valence-electron chi connectivity index (χ1n) is 6.15. The quantitative estimate of drug-likeness (QED) is 0.562. The van der Waals surface area contributed by atoms with Gasteiger partial charge in [0, 0.05) is 10.6 Å². The van der Waals surface area contributed by atoms with Gasteiger partial charge in [0.2, 0.25) is 0 Å². The monoisotopic (exact) mass is 269 g/mol. The molecular weight excluding hydrogens is 254 g/mol. The van der Waals surface area contributed by atoms with Crippen LogP contribution in [0.3, 0.4) is 0 Å². The molecule has 19 heavy (non-hydrogen) atoms. The van der Waals surface area contributed by atoms with Crippen LogP contribution in [-0.4, -0.2) is 9.97 Å². The van der Waals surface area contributed by atoms with Gasteiger partial charge < -0.3 is 10.7 Å². The van der Waals surface area contributed by atoms with Crippen LogP contribution >= 0.6 is 11.8 Å². The Morgan fingerprint density at radius 3 is 2.84 bits per heavy atom. The van der Waals surface area contributed by atoms with Crippen molar-refractivity contribution in [3.63, 3.8) is 0 Å². The molecule has 0 saturated heterocycles. The number of hydrogen-bond acceptors (Lipinski definition) is 3. The lowest BCUT2D eigenvalue weighted by Gasteiger charge is -2.06. The number of rotatable bonds is 3. The van der Waals surface area contributed by atoms with Crippen LogP contribution in [0.5, 0.6) is 0 Å². The Kier molecular flexibility index (Phi) is 3.17. The van der Waals surface area contributed by atoms with E-state index in [1.54, 1.807) is 11.8 Å². The minimum atomic E-state index is 0.794. The molecule has 0 aliphatic rings. The van der Waals surface area contributed by atoms with Crippen LogP contribution < -0.4 is 5.73 Å². The summed E-state index contributed by atoms with van der Waals surface area (Å²) in [5.41, 5.74) is 10.1. The number of nitrogens with one attached hydrogen (secondary N) is 1. The van der Waals surface area contributed by atoms with Crippen molar-refractivity contribution in [2.45, 2.75) is 17.6 Å². The Balaban J connectivity index is 1.80. The number of benzene rings is 2. The molecule has 3 rings (SSSR count). The summed E-state index contributed by atoms with van der Waals surface area (Å²) >= 11 is 1.71. The number of para-hydroxylation sites is 3.